The number of rotatable bonds is 7. The number of aromatic nitrogens is 2. The Balaban J connectivity index is 2.27. The standard InChI is InChI=1S/C15H16N4O2S/c16-9-13(15(17)21)14(22-8-7-20)11-1-3-12(4-2-11)19-6-5-18-10-19/h1-6,10,13-14,20H,7-8H2,(H2,17,21). The van der Waals surface area contributed by atoms with Crippen LogP contribution in [0.15, 0.2) is 43.0 Å². The molecule has 0 saturated carbocycles. The number of carbonyl (C=O) groups is 1. The maximum absolute atomic E-state index is 11.5. The Labute approximate surface area is 132 Å². The van der Waals surface area contributed by atoms with Gasteiger partial charge in [0.1, 0.15) is 5.92 Å². The quantitative estimate of drug-likeness (QED) is 0.800. The van der Waals surface area contributed by atoms with Gasteiger partial charge in [0.25, 0.3) is 0 Å². The molecule has 2 rings (SSSR count). The smallest absolute Gasteiger partial charge is 0.236 e. The molecule has 0 aliphatic carbocycles. The van der Waals surface area contributed by atoms with Crippen molar-refractivity contribution in [1.29, 1.82) is 5.26 Å². The lowest BCUT2D eigenvalue weighted by atomic mass is 9.99. The second-order valence-electron chi connectivity index (χ2n) is 4.59. The van der Waals surface area contributed by atoms with Crippen LogP contribution in [-0.4, -0.2) is 32.9 Å². The third-order valence-electron chi connectivity index (χ3n) is 3.16. The highest BCUT2D eigenvalue weighted by atomic mass is 32.2. The second kappa shape index (κ2) is 7.64. The SMILES string of the molecule is N#CC(C(N)=O)C(SCCO)c1ccc(-n2ccnc2)cc1. The molecule has 114 valence electrons. The maximum Gasteiger partial charge on any atom is 0.236 e. The van der Waals surface area contributed by atoms with E-state index in [0.29, 0.717) is 5.75 Å². The molecule has 1 heterocycles. The van der Waals surface area contributed by atoms with Crippen LogP contribution in [0, 0.1) is 17.2 Å². The van der Waals surface area contributed by atoms with E-state index in [1.54, 1.807) is 12.5 Å². The second-order valence-corrected chi connectivity index (χ2v) is 5.84. The van der Waals surface area contributed by atoms with Gasteiger partial charge in [-0.2, -0.15) is 5.26 Å². The summed E-state index contributed by atoms with van der Waals surface area (Å²) in [6.07, 6.45) is 5.20. The van der Waals surface area contributed by atoms with Crippen LogP contribution in [0.3, 0.4) is 0 Å². The molecule has 0 aliphatic rings. The third-order valence-corrected chi connectivity index (χ3v) is 4.48. The van der Waals surface area contributed by atoms with Gasteiger partial charge in [-0.1, -0.05) is 12.1 Å². The molecule has 1 aromatic heterocycles. The van der Waals surface area contributed by atoms with E-state index in [9.17, 15) is 10.1 Å². The molecular weight excluding hydrogens is 300 g/mol. The molecule has 2 atom stereocenters. The first kappa shape index (κ1) is 16.1. The van der Waals surface area contributed by atoms with Gasteiger partial charge in [0.05, 0.1) is 24.3 Å². The number of nitrogens with zero attached hydrogens (tertiary/aromatic N) is 3. The molecule has 0 fully saturated rings. The topological polar surface area (TPSA) is 105 Å². The van der Waals surface area contributed by atoms with Crippen LogP contribution in [-0.2, 0) is 4.79 Å². The van der Waals surface area contributed by atoms with Crippen molar-refractivity contribution in [2.24, 2.45) is 11.7 Å². The number of amides is 1. The van der Waals surface area contributed by atoms with Crippen LogP contribution in [0.1, 0.15) is 10.8 Å². The van der Waals surface area contributed by atoms with E-state index in [0.717, 1.165) is 11.3 Å². The lowest BCUT2D eigenvalue weighted by Crippen LogP contribution is -2.26. The summed E-state index contributed by atoms with van der Waals surface area (Å²) < 4.78 is 1.86. The maximum atomic E-state index is 11.5. The fourth-order valence-electron chi connectivity index (χ4n) is 2.09. The van der Waals surface area contributed by atoms with Gasteiger partial charge >= 0.3 is 0 Å². The molecule has 1 aromatic carbocycles. The number of carbonyl (C=O) groups excluding carboxylic acids is 1. The molecule has 2 aromatic rings. The Kier molecular flexibility index (Phi) is 5.58. The van der Waals surface area contributed by atoms with Gasteiger partial charge in [0.15, 0.2) is 0 Å². The molecule has 0 saturated heterocycles. The Morgan fingerprint density at radius 2 is 2.18 bits per heavy atom. The molecule has 0 radical (unpaired) electrons. The average molecular weight is 316 g/mol. The molecule has 6 nitrogen and oxygen atoms in total. The van der Waals surface area contributed by atoms with Crippen LogP contribution in [0.4, 0.5) is 0 Å². The van der Waals surface area contributed by atoms with Crippen molar-refractivity contribution in [3.8, 4) is 11.8 Å². The molecular formula is C15H16N4O2S. The predicted molar refractivity (Wildman–Crippen MR) is 84.1 cm³/mol. The van der Waals surface area contributed by atoms with Crippen molar-refractivity contribution in [3.05, 3.63) is 48.5 Å². The Morgan fingerprint density at radius 1 is 1.45 bits per heavy atom. The minimum atomic E-state index is -0.935. The highest BCUT2D eigenvalue weighted by Crippen LogP contribution is 2.36. The first-order chi connectivity index (χ1) is 10.7. The largest absolute Gasteiger partial charge is 0.396 e. The number of aliphatic hydroxyl groups is 1. The van der Waals surface area contributed by atoms with E-state index in [2.05, 4.69) is 4.98 Å². The van der Waals surface area contributed by atoms with Gasteiger partial charge in [-0.15, -0.1) is 11.8 Å². The van der Waals surface area contributed by atoms with E-state index in [4.69, 9.17) is 10.8 Å². The zero-order chi connectivity index (χ0) is 15.9. The molecule has 2 unspecified atom stereocenters. The van der Waals surface area contributed by atoms with Crippen molar-refractivity contribution in [2.45, 2.75) is 5.25 Å². The van der Waals surface area contributed by atoms with Crippen molar-refractivity contribution < 1.29 is 9.90 Å². The highest BCUT2D eigenvalue weighted by Gasteiger charge is 2.28. The van der Waals surface area contributed by atoms with Gasteiger partial charge in [0.2, 0.25) is 5.91 Å². The summed E-state index contributed by atoms with van der Waals surface area (Å²) in [5.41, 5.74) is 7.07. The van der Waals surface area contributed by atoms with Crippen molar-refractivity contribution in [3.63, 3.8) is 0 Å². The van der Waals surface area contributed by atoms with Crippen molar-refractivity contribution >= 4 is 17.7 Å². The zero-order valence-corrected chi connectivity index (χ0v) is 12.6. The molecule has 3 N–H and O–H groups in total. The Hall–Kier alpha value is -2.30. The number of aliphatic hydroxyl groups excluding tert-OH is 1. The average Bonchev–Trinajstić information content (AvgIpc) is 3.05. The Bertz CT molecular complexity index is 649. The number of imidazole rings is 1. The molecule has 0 spiro atoms. The zero-order valence-electron chi connectivity index (χ0n) is 11.8. The van der Waals surface area contributed by atoms with Gasteiger partial charge in [-0.3, -0.25) is 4.79 Å². The Morgan fingerprint density at radius 3 is 2.68 bits per heavy atom. The first-order valence-electron chi connectivity index (χ1n) is 6.67. The molecule has 22 heavy (non-hydrogen) atoms. The fourth-order valence-corrected chi connectivity index (χ4v) is 3.19. The van der Waals surface area contributed by atoms with Crippen LogP contribution < -0.4 is 5.73 Å². The predicted octanol–water partition coefficient (Wildman–Crippen LogP) is 1.26. The van der Waals surface area contributed by atoms with Gasteiger partial charge in [-0.05, 0) is 17.7 Å². The first-order valence-corrected chi connectivity index (χ1v) is 7.72. The number of benzene rings is 1. The lowest BCUT2D eigenvalue weighted by molar-refractivity contribution is -0.120. The fraction of sp³-hybridized carbons (Fsp3) is 0.267. The number of nitriles is 1. The van der Waals surface area contributed by atoms with Crippen LogP contribution in [0.5, 0.6) is 0 Å². The molecule has 7 heteroatoms. The summed E-state index contributed by atoms with van der Waals surface area (Å²) in [7, 11) is 0. The van der Waals surface area contributed by atoms with Crippen molar-refractivity contribution in [2.75, 3.05) is 12.4 Å². The number of hydrogen-bond donors (Lipinski definition) is 2. The van der Waals surface area contributed by atoms with Gasteiger partial charge < -0.3 is 15.4 Å². The summed E-state index contributed by atoms with van der Waals surface area (Å²) in [6.45, 7) is -0.0226. The summed E-state index contributed by atoms with van der Waals surface area (Å²) in [4.78, 5) is 15.5. The van der Waals surface area contributed by atoms with Crippen LogP contribution in [0.2, 0.25) is 0 Å². The summed E-state index contributed by atoms with van der Waals surface area (Å²) in [6, 6.07) is 9.45. The lowest BCUT2D eigenvalue weighted by Gasteiger charge is -2.20. The number of hydrogen-bond acceptors (Lipinski definition) is 5. The number of thioether (sulfide) groups is 1. The van der Waals surface area contributed by atoms with Crippen LogP contribution in [0.25, 0.3) is 5.69 Å². The molecule has 0 bridgehead atoms. The summed E-state index contributed by atoms with van der Waals surface area (Å²) in [5.74, 6) is -1.16. The van der Waals surface area contributed by atoms with Crippen LogP contribution >= 0.6 is 11.8 Å². The van der Waals surface area contributed by atoms with E-state index < -0.39 is 17.1 Å². The van der Waals surface area contributed by atoms with Gasteiger partial charge in [0, 0.05) is 23.8 Å². The number of primary amides is 1. The minimum absolute atomic E-state index is 0.0226. The summed E-state index contributed by atoms with van der Waals surface area (Å²) >= 11 is 1.35. The normalized spacial score (nSPS) is 13.3. The number of nitrogens with two attached hydrogens (primary N) is 1. The molecule has 0 aliphatic heterocycles. The third kappa shape index (κ3) is 3.67. The molecule has 1 amide bonds. The van der Waals surface area contributed by atoms with Gasteiger partial charge in [-0.25, -0.2) is 4.98 Å². The monoisotopic (exact) mass is 316 g/mol. The van der Waals surface area contributed by atoms with E-state index >= 15 is 0 Å². The van der Waals surface area contributed by atoms with E-state index in [1.807, 2.05) is 41.1 Å². The minimum Gasteiger partial charge on any atom is -0.396 e. The highest BCUT2D eigenvalue weighted by molar-refractivity contribution is 7.99. The van der Waals surface area contributed by atoms with E-state index in [1.165, 1.54) is 11.8 Å². The van der Waals surface area contributed by atoms with Crippen molar-refractivity contribution in [1.82, 2.24) is 9.55 Å². The summed E-state index contributed by atoms with van der Waals surface area (Å²) in [5, 5.41) is 17.8. The van der Waals surface area contributed by atoms with E-state index in [-0.39, 0.29) is 6.61 Å².